The van der Waals surface area contributed by atoms with Gasteiger partial charge in [0, 0.05) is 5.56 Å². The van der Waals surface area contributed by atoms with E-state index in [4.69, 9.17) is 8.85 Å². The fourth-order valence-corrected chi connectivity index (χ4v) is 5.56. The molecule has 0 saturated carbocycles. The van der Waals surface area contributed by atoms with Crippen molar-refractivity contribution in [3.63, 3.8) is 0 Å². The molecule has 0 amide bonds. The Bertz CT molecular complexity index is 870. The van der Waals surface area contributed by atoms with Crippen molar-refractivity contribution < 1.29 is 13.1 Å². The maximum atomic E-state index is 13.2. The number of hydrogen-bond donors (Lipinski definition) is 1. The molecule has 0 bridgehead atoms. The van der Waals surface area contributed by atoms with E-state index in [9.17, 15) is 4.21 Å². The van der Waals surface area contributed by atoms with Crippen LogP contribution in [0.1, 0.15) is 67.9 Å². The summed E-state index contributed by atoms with van der Waals surface area (Å²) in [6, 6.07) is 9.47. The molecule has 0 saturated heterocycles. The van der Waals surface area contributed by atoms with Crippen LogP contribution in [-0.4, -0.2) is 44.3 Å². The van der Waals surface area contributed by atoms with Gasteiger partial charge in [-0.3, -0.25) is 0 Å². The normalized spacial score (nSPS) is 16.4. The molecule has 0 aliphatic carbocycles. The van der Waals surface area contributed by atoms with Crippen molar-refractivity contribution in [2.24, 2.45) is 0 Å². The second-order valence-electron chi connectivity index (χ2n) is 13.1. The molecule has 3 atom stereocenters. The third kappa shape index (κ3) is 9.36. The predicted molar refractivity (Wildman–Crippen MR) is 153 cm³/mol. The molecule has 0 aliphatic heterocycles. The molecule has 0 spiro atoms. The maximum Gasteiger partial charge on any atom is 0.192 e. The lowest BCUT2D eigenvalue weighted by Gasteiger charge is -2.43. The Morgan fingerprint density at radius 1 is 0.882 bits per heavy atom. The van der Waals surface area contributed by atoms with Crippen LogP contribution in [0, 0.1) is 11.8 Å². The topological polar surface area (TPSA) is 47.6 Å². The fraction of sp³-hybridized carbons (Fsp3) is 0.704. The van der Waals surface area contributed by atoms with Crippen molar-refractivity contribution in [1.82, 2.24) is 4.72 Å². The first-order valence-corrected chi connectivity index (χ1v) is 19.2. The Morgan fingerprint density at radius 3 is 1.82 bits per heavy atom. The highest BCUT2D eigenvalue weighted by Crippen LogP contribution is 2.39. The molecule has 4 nitrogen and oxygen atoms in total. The minimum atomic E-state index is -2.15. The summed E-state index contributed by atoms with van der Waals surface area (Å²) >= 11 is 0. The third-order valence-electron chi connectivity index (χ3n) is 6.97. The Labute approximate surface area is 214 Å². The molecule has 1 aromatic carbocycles. The first-order chi connectivity index (χ1) is 15.2. The lowest BCUT2D eigenvalue weighted by atomic mass is 10.1. The van der Waals surface area contributed by atoms with Gasteiger partial charge in [-0.15, -0.1) is 0 Å². The molecule has 0 fully saturated rings. The molecule has 1 aromatic rings. The lowest BCUT2D eigenvalue weighted by molar-refractivity contribution is 0.0962. The van der Waals surface area contributed by atoms with Gasteiger partial charge in [0.2, 0.25) is 0 Å². The van der Waals surface area contributed by atoms with Gasteiger partial charge in [-0.05, 0) is 69.2 Å². The molecule has 0 heterocycles. The van der Waals surface area contributed by atoms with E-state index in [0.29, 0.717) is 6.61 Å². The zero-order valence-corrected chi connectivity index (χ0v) is 26.7. The molecule has 0 unspecified atom stereocenters. The number of rotatable bonds is 8. The van der Waals surface area contributed by atoms with E-state index >= 15 is 0 Å². The van der Waals surface area contributed by atoms with Crippen molar-refractivity contribution in [1.29, 1.82) is 0 Å². The number of benzene rings is 1. The van der Waals surface area contributed by atoms with Gasteiger partial charge in [-0.2, -0.15) is 0 Å². The van der Waals surface area contributed by atoms with Crippen molar-refractivity contribution in [3.05, 3.63) is 35.9 Å². The maximum absolute atomic E-state index is 13.2. The van der Waals surface area contributed by atoms with Crippen molar-refractivity contribution in [2.45, 2.75) is 115 Å². The zero-order valence-electron chi connectivity index (χ0n) is 23.9. The summed E-state index contributed by atoms with van der Waals surface area (Å²) in [6.45, 7) is 28.7. The average molecular weight is 524 g/mol. The molecular formula is C27H49NO3SSi2. The minimum Gasteiger partial charge on any atom is -0.414 e. The van der Waals surface area contributed by atoms with Crippen LogP contribution in [0.25, 0.3) is 0 Å². The summed E-state index contributed by atoms with van der Waals surface area (Å²) in [5.74, 6) is 6.64. The highest BCUT2D eigenvalue weighted by Gasteiger charge is 2.43. The average Bonchev–Trinajstić information content (AvgIpc) is 2.66. The molecule has 34 heavy (non-hydrogen) atoms. The molecule has 0 radical (unpaired) electrons. The van der Waals surface area contributed by atoms with Gasteiger partial charge in [-0.1, -0.05) is 71.6 Å². The molecule has 7 heteroatoms. The first kappa shape index (κ1) is 31.3. The second-order valence-corrected chi connectivity index (χ2v) is 24.7. The first-order valence-electron chi connectivity index (χ1n) is 12.2. The molecule has 1 N–H and O–H groups in total. The third-order valence-corrected chi connectivity index (χ3v) is 17.6. The standard InChI is InChI=1S/C27H49NO3SSi2/c1-25(2,3)32(29)28-23(20-19-22-17-15-14-16-18-22)24(31-34(12,13)27(7,8)9)21-30-33(10,11)26(4,5)6/h14-18,23-24,28H,21H2,1-13H3/t23-,24-,32+/m1/s1. The van der Waals surface area contributed by atoms with E-state index in [1.807, 2.05) is 51.1 Å². The Morgan fingerprint density at radius 2 is 1.38 bits per heavy atom. The summed E-state index contributed by atoms with van der Waals surface area (Å²) in [5, 5.41) is 0.115. The van der Waals surface area contributed by atoms with Gasteiger partial charge in [0.05, 0.1) is 28.4 Å². The Kier molecular flexibility index (Phi) is 10.6. The quantitative estimate of drug-likeness (QED) is 0.299. The van der Waals surface area contributed by atoms with Crippen molar-refractivity contribution in [2.75, 3.05) is 6.61 Å². The van der Waals surface area contributed by atoms with Crippen LogP contribution in [0.2, 0.25) is 36.3 Å². The van der Waals surface area contributed by atoms with Gasteiger partial charge >= 0.3 is 0 Å². The molecule has 194 valence electrons. The van der Waals surface area contributed by atoms with Crippen LogP contribution in [0.3, 0.4) is 0 Å². The van der Waals surface area contributed by atoms with E-state index in [2.05, 4.69) is 84.3 Å². The van der Waals surface area contributed by atoms with Gasteiger partial charge in [0.25, 0.3) is 0 Å². The van der Waals surface area contributed by atoms with Crippen LogP contribution in [0.4, 0.5) is 0 Å². The summed E-state index contributed by atoms with van der Waals surface area (Å²) in [7, 11) is -5.46. The Balaban J connectivity index is 3.45. The van der Waals surface area contributed by atoms with E-state index in [1.54, 1.807) is 0 Å². The fourth-order valence-electron chi connectivity index (χ4n) is 2.43. The van der Waals surface area contributed by atoms with E-state index in [1.165, 1.54) is 0 Å². The molecule has 0 aromatic heterocycles. The lowest BCUT2D eigenvalue weighted by Crippen LogP contribution is -2.55. The zero-order chi connectivity index (χ0) is 26.6. The summed E-state index contributed by atoms with van der Waals surface area (Å²) < 4.78 is 29.6. The van der Waals surface area contributed by atoms with Crippen LogP contribution >= 0.6 is 0 Å². The molecular weight excluding hydrogens is 475 g/mol. The predicted octanol–water partition coefficient (Wildman–Crippen LogP) is 6.87. The van der Waals surface area contributed by atoms with E-state index < -0.39 is 38.4 Å². The minimum absolute atomic E-state index is 0.0306. The number of nitrogens with one attached hydrogen (secondary N) is 1. The van der Waals surface area contributed by atoms with E-state index in [-0.39, 0.29) is 16.2 Å². The van der Waals surface area contributed by atoms with Gasteiger partial charge in [0.15, 0.2) is 16.6 Å². The summed E-state index contributed by atoms with van der Waals surface area (Å²) in [4.78, 5) is 0. The van der Waals surface area contributed by atoms with Crippen LogP contribution in [0.15, 0.2) is 30.3 Å². The largest absolute Gasteiger partial charge is 0.414 e. The Hall–Kier alpha value is -0.756. The monoisotopic (exact) mass is 523 g/mol. The number of hydrogen-bond acceptors (Lipinski definition) is 3. The van der Waals surface area contributed by atoms with Crippen molar-refractivity contribution >= 4 is 27.6 Å². The van der Waals surface area contributed by atoms with Gasteiger partial charge in [0.1, 0.15) is 6.04 Å². The highest BCUT2D eigenvalue weighted by molar-refractivity contribution is 7.84. The summed E-state index contributed by atoms with van der Waals surface area (Å²) in [6.07, 6.45) is -0.336. The van der Waals surface area contributed by atoms with Crippen LogP contribution in [0.5, 0.6) is 0 Å². The summed E-state index contributed by atoms with van der Waals surface area (Å²) in [5.41, 5.74) is 0.923. The molecule has 1 rings (SSSR count). The van der Waals surface area contributed by atoms with E-state index in [0.717, 1.165) is 5.56 Å². The smallest absolute Gasteiger partial charge is 0.192 e. The van der Waals surface area contributed by atoms with Crippen LogP contribution < -0.4 is 4.72 Å². The van der Waals surface area contributed by atoms with Gasteiger partial charge in [-0.25, -0.2) is 8.93 Å². The second kappa shape index (κ2) is 11.5. The van der Waals surface area contributed by atoms with Gasteiger partial charge < -0.3 is 8.85 Å². The molecule has 0 aliphatic rings. The van der Waals surface area contributed by atoms with Crippen molar-refractivity contribution in [3.8, 4) is 11.8 Å². The highest BCUT2D eigenvalue weighted by atomic mass is 32.2. The SMILES string of the molecule is CC(C)(C)[S@](=O)N[C@H](C#Cc1ccccc1)[C@@H](CO[Si](C)(C)C(C)(C)C)O[Si](C)(C)C(C)(C)C. The van der Waals surface area contributed by atoms with Crippen LogP contribution in [-0.2, 0) is 19.8 Å².